The first-order valence-electron chi connectivity index (χ1n) is 15.2. The van der Waals surface area contributed by atoms with Gasteiger partial charge in [-0.3, -0.25) is 19.4 Å². The van der Waals surface area contributed by atoms with Crippen molar-refractivity contribution in [2.75, 3.05) is 31.1 Å². The molecule has 5 aromatic rings. The van der Waals surface area contributed by atoms with Gasteiger partial charge in [0.15, 0.2) is 0 Å². The predicted octanol–water partition coefficient (Wildman–Crippen LogP) is 6.65. The van der Waals surface area contributed by atoms with Gasteiger partial charge in [0.25, 0.3) is 5.91 Å². The van der Waals surface area contributed by atoms with E-state index in [0.717, 1.165) is 30.9 Å². The van der Waals surface area contributed by atoms with E-state index in [1.165, 1.54) is 56.9 Å². The molecule has 1 fully saturated rings. The number of likely N-dealkylation sites (tertiary alicyclic amines) is 1. The summed E-state index contributed by atoms with van der Waals surface area (Å²) in [5.74, 6) is -3.34. The van der Waals surface area contributed by atoms with Crippen molar-refractivity contribution >= 4 is 56.9 Å². The normalized spacial score (nSPS) is 12.6. The molecule has 1 amide bonds. The van der Waals surface area contributed by atoms with E-state index in [1.54, 1.807) is 11.3 Å². The molecule has 0 bridgehead atoms. The molecule has 0 atom stereocenters. The summed E-state index contributed by atoms with van der Waals surface area (Å²) in [7, 11) is 0. The van der Waals surface area contributed by atoms with Crippen LogP contribution in [0.1, 0.15) is 24.0 Å². The summed E-state index contributed by atoms with van der Waals surface area (Å²) in [6.07, 6.45) is 3.75. The topological polar surface area (TPSA) is 124 Å². The molecule has 0 unspecified atom stereocenters. The average Bonchev–Trinajstić information content (AvgIpc) is 3.75. The lowest BCUT2D eigenvalue weighted by Crippen LogP contribution is -2.26. The quantitative estimate of drug-likeness (QED) is 0.127. The van der Waals surface area contributed by atoms with Crippen LogP contribution >= 0.6 is 11.3 Å². The van der Waals surface area contributed by atoms with Gasteiger partial charge < -0.3 is 14.9 Å². The van der Waals surface area contributed by atoms with Crippen LogP contribution in [-0.2, 0) is 25.6 Å². The summed E-state index contributed by atoms with van der Waals surface area (Å²) in [5, 5.41) is 16.0. The summed E-state index contributed by atoms with van der Waals surface area (Å²) in [6, 6.07) is 34.1. The van der Waals surface area contributed by atoms with Crippen molar-refractivity contribution in [1.29, 1.82) is 0 Å². The van der Waals surface area contributed by atoms with Gasteiger partial charge in [-0.1, -0.05) is 60.7 Å². The number of benzene rings is 4. The van der Waals surface area contributed by atoms with Crippen molar-refractivity contribution in [3.63, 3.8) is 0 Å². The molecular weight excluding hydrogens is 616 g/mol. The lowest BCUT2D eigenvalue weighted by molar-refractivity contribution is -0.159. The third-order valence-corrected chi connectivity index (χ3v) is 9.05. The van der Waals surface area contributed by atoms with Crippen LogP contribution in [0.3, 0.4) is 0 Å². The van der Waals surface area contributed by atoms with E-state index in [4.69, 9.17) is 24.5 Å². The van der Waals surface area contributed by atoms with Crippen molar-refractivity contribution in [2.45, 2.75) is 19.3 Å². The lowest BCUT2D eigenvalue weighted by Gasteiger charge is -2.20. The van der Waals surface area contributed by atoms with Crippen LogP contribution < -0.4 is 9.64 Å². The van der Waals surface area contributed by atoms with Gasteiger partial charge in [0.05, 0.1) is 0 Å². The zero-order valence-electron chi connectivity index (χ0n) is 25.6. The number of carbonyl (C=O) groups is 4. The molecule has 240 valence electrons. The SMILES string of the molecule is O=C(O)C(=O)O.O=CC(=O)N(c1ccccc1)c1ccc(-c2sc3ccccc3c2Cc2ccc(OCCN3CCCC3)cc2)cc1. The minimum atomic E-state index is -1.82. The van der Waals surface area contributed by atoms with Crippen LogP contribution in [0, 0.1) is 0 Å². The molecule has 10 heteroatoms. The number of ether oxygens (including phenoxy) is 1. The molecule has 1 aliphatic rings. The van der Waals surface area contributed by atoms with Gasteiger partial charge in [-0.25, -0.2) is 9.59 Å². The molecule has 0 spiro atoms. The zero-order valence-corrected chi connectivity index (χ0v) is 26.4. The number of thiophene rings is 1. The van der Waals surface area contributed by atoms with E-state index >= 15 is 0 Å². The van der Waals surface area contributed by atoms with Crippen LogP contribution in [0.4, 0.5) is 11.4 Å². The first-order chi connectivity index (χ1) is 22.8. The molecule has 0 radical (unpaired) electrons. The lowest BCUT2D eigenvalue weighted by atomic mass is 9.98. The Bertz CT molecular complexity index is 1820. The van der Waals surface area contributed by atoms with Crippen molar-refractivity contribution in [3.05, 3.63) is 114 Å². The van der Waals surface area contributed by atoms with Crippen LogP contribution in [0.15, 0.2) is 103 Å². The van der Waals surface area contributed by atoms with Crippen molar-refractivity contribution in [2.24, 2.45) is 0 Å². The second-order valence-corrected chi connectivity index (χ2v) is 12.0. The minimum Gasteiger partial charge on any atom is -0.492 e. The van der Waals surface area contributed by atoms with Crippen molar-refractivity contribution < 1.29 is 34.1 Å². The number of hydrogen-bond donors (Lipinski definition) is 2. The number of hydrogen-bond acceptors (Lipinski definition) is 7. The number of amides is 1. The smallest absolute Gasteiger partial charge is 0.414 e. The van der Waals surface area contributed by atoms with Crippen molar-refractivity contribution in [3.8, 4) is 16.2 Å². The summed E-state index contributed by atoms with van der Waals surface area (Å²) < 4.78 is 7.26. The number of carboxylic acids is 2. The molecule has 1 aromatic heterocycles. The van der Waals surface area contributed by atoms with Gasteiger partial charge in [0, 0.05) is 27.5 Å². The van der Waals surface area contributed by atoms with Crippen LogP contribution in [0.25, 0.3) is 20.5 Å². The number of carboxylic acid groups (broad SMARTS) is 2. The second-order valence-electron chi connectivity index (χ2n) is 10.9. The van der Waals surface area contributed by atoms with E-state index in [9.17, 15) is 9.59 Å². The molecule has 0 aliphatic carbocycles. The van der Waals surface area contributed by atoms with Gasteiger partial charge in [0.1, 0.15) is 12.4 Å². The van der Waals surface area contributed by atoms with E-state index in [2.05, 4.69) is 53.4 Å². The largest absolute Gasteiger partial charge is 0.492 e. The Morgan fingerprint density at radius 1 is 0.787 bits per heavy atom. The first kappa shape index (κ1) is 33.1. The van der Waals surface area contributed by atoms with Crippen LogP contribution in [0.2, 0.25) is 0 Å². The highest BCUT2D eigenvalue weighted by Crippen LogP contribution is 2.41. The fraction of sp³-hybridized carbons (Fsp3) is 0.189. The average molecular weight is 651 g/mol. The Morgan fingerprint density at radius 2 is 1.40 bits per heavy atom. The van der Waals surface area contributed by atoms with E-state index in [1.807, 2.05) is 54.6 Å². The number of anilines is 2. The number of fused-ring (bicyclic) bond motifs is 1. The molecule has 6 rings (SSSR count). The first-order valence-corrected chi connectivity index (χ1v) is 16.0. The number of rotatable bonds is 10. The van der Waals surface area contributed by atoms with Gasteiger partial charge >= 0.3 is 11.9 Å². The van der Waals surface area contributed by atoms with Gasteiger partial charge in [0.2, 0.25) is 6.29 Å². The van der Waals surface area contributed by atoms with E-state index in [-0.39, 0.29) is 0 Å². The summed E-state index contributed by atoms with van der Waals surface area (Å²) in [5.41, 5.74) is 4.90. The fourth-order valence-electron chi connectivity index (χ4n) is 5.51. The predicted molar refractivity (Wildman–Crippen MR) is 183 cm³/mol. The maximum absolute atomic E-state index is 12.5. The van der Waals surface area contributed by atoms with Gasteiger partial charge in [-0.2, -0.15) is 0 Å². The standard InChI is InChI=1S/C35H32N2O3S.C2H2O4/c38-25-34(39)37(28-8-2-1-3-9-28)29-16-14-27(15-17-29)35-32(31-10-4-5-11-33(31)41-35)24-26-12-18-30(19-13-26)40-23-22-36-20-6-7-21-36;3-1(4)2(5)6/h1-5,8-19,25H,6-7,20-24H2;(H,3,4)(H,5,6). The number of carbonyl (C=O) groups excluding carboxylic acids is 2. The monoisotopic (exact) mass is 650 g/mol. The maximum Gasteiger partial charge on any atom is 0.414 e. The molecule has 4 aromatic carbocycles. The number of para-hydroxylation sites is 1. The third-order valence-electron chi connectivity index (χ3n) is 7.78. The molecule has 0 saturated carbocycles. The highest BCUT2D eigenvalue weighted by atomic mass is 32.1. The fourth-order valence-corrected chi connectivity index (χ4v) is 6.74. The highest BCUT2D eigenvalue weighted by Gasteiger charge is 2.19. The molecular formula is C37H34N2O7S. The van der Waals surface area contributed by atoms with Gasteiger partial charge in [-0.05, 0) is 96.9 Å². The van der Waals surface area contributed by atoms with E-state index in [0.29, 0.717) is 17.7 Å². The Morgan fingerprint density at radius 3 is 2.04 bits per heavy atom. The molecule has 1 saturated heterocycles. The molecule has 2 heterocycles. The summed E-state index contributed by atoms with van der Waals surface area (Å²) in [4.78, 5) is 47.3. The number of aldehydes is 1. The molecule has 47 heavy (non-hydrogen) atoms. The summed E-state index contributed by atoms with van der Waals surface area (Å²) >= 11 is 1.78. The Hall–Kier alpha value is -5.32. The van der Waals surface area contributed by atoms with Crippen molar-refractivity contribution in [1.82, 2.24) is 4.90 Å². The molecule has 1 aliphatic heterocycles. The Labute approximate surface area is 276 Å². The Kier molecular flexibility index (Phi) is 11.1. The molecule has 9 nitrogen and oxygen atoms in total. The summed E-state index contributed by atoms with van der Waals surface area (Å²) in [6.45, 7) is 4.07. The Balaban J connectivity index is 0.000000662. The van der Waals surface area contributed by atoms with Crippen LogP contribution in [-0.4, -0.2) is 65.5 Å². The minimum absolute atomic E-state index is 0.356. The van der Waals surface area contributed by atoms with Gasteiger partial charge in [-0.15, -0.1) is 11.3 Å². The zero-order chi connectivity index (χ0) is 33.2. The van der Waals surface area contributed by atoms with Crippen LogP contribution in [0.5, 0.6) is 5.75 Å². The molecule has 2 N–H and O–H groups in total. The van der Waals surface area contributed by atoms with E-state index < -0.39 is 17.8 Å². The number of nitrogens with zero attached hydrogens (tertiary/aromatic N) is 2. The number of aliphatic carboxylic acids is 2. The second kappa shape index (κ2) is 15.8. The maximum atomic E-state index is 12.5. The highest BCUT2D eigenvalue weighted by molar-refractivity contribution is 7.22. The third kappa shape index (κ3) is 8.49.